The molecule has 1 amide bonds. The van der Waals surface area contributed by atoms with Gasteiger partial charge in [-0.2, -0.15) is 0 Å². The molecule has 0 fully saturated rings. The number of benzene rings is 1. The molecule has 0 aliphatic heterocycles. The summed E-state index contributed by atoms with van der Waals surface area (Å²) >= 11 is 1.60. The topological polar surface area (TPSA) is 58.1 Å². The molecule has 2 rings (SSSR count). The number of carbonyl (C=O) groups excluding carboxylic acids is 1. The summed E-state index contributed by atoms with van der Waals surface area (Å²) in [6.07, 6.45) is 0. The van der Waals surface area contributed by atoms with E-state index >= 15 is 0 Å². The molecule has 0 atom stereocenters. The normalized spacial score (nSPS) is 10.8. The quantitative estimate of drug-likeness (QED) is 0.632. The largest absolute Gasteiger partial charge is 0.362 e. The van der Waals surface area contributed by atoms with Crippen molar-refractivity contribution >= 4 is 23.5 Å². The number of carbonyl (C=O) groups is 1. The van der Waals surface area contributed by atoms with Crippen LogP contribution in [-0.4, -0.2) is 36.0 Å². The fraction of sp³-hybridized carbons (Fsp3) is 0.421. The Kier molecular flexibility index (Phi) is 6.42. The molecule has 25 heavy (non-hydrogen) atoms. The standard InChI is InChI=1S/C19H26N4OS/c1-12(2)20-18(24)16-9-7-15(8-10-16)11-25-19-21-14(4)13(3)17(22-19)23(5)6/h7-10,12H,11H2,1-6H3,(H,20,24). The van der Waals surface area contributed by atoms with Gasteiger partial charge >= 0.3 is 0 Å². The maximum Gasteiger partial charge on any atom is 0.251 e. The van der Waals surface area contributed by atoms with Gasteiger partial charge in [-0.1, -0.05) is 23.9 Å². The number of aryl methyl sites for hydroxylation is 1. The van der Waals surface area contributed by atoms with E-state index in [2.05, 4.69) is 15.3 Å². The zero-order valence-corrected chi connectivity index (χ0v) is 16.6. The summed E-state index contributed by atoms with van der Waals surface area (Å²) in [5.41, 5.74) is 3.93. The minimum absolute atomic E-state index is 0.0395. The van der Waals surface area contributed by atoms with Gasteiger partial charge in [-0.05, 0) is 45.4 Å². The third-order valence-electron chi connectivity index (χ3n) is 3.77. The molecule has 0 spiro atoms. The Bertz CT molecular complexity index is 742. The molecule has 1 N–H and O–H groups in total. The average Bonchev–Trinajstić information content (AvgIpc) is 2.55. The molecule has 0 unspecified atom stereocenters. The highest BCUT2D eigenvalue weighted by molar-refractivity contribution is 7.98. The molecule has 134 valence electrons. The van der Waals surface area contributed by atoms with Crippen LogP contribution in [0.15, 0.2) is 29.4 Å². The van der Waals surface area contributed by atoms with E-state index in [4.69, 9.17) is 0 Å². The zero-order valence-electron chi connectivity index (χ0n) is 15.8. The van der Waals surface area contributed by atoms with Crippen molar-refractivity contribution in [3.63, 3.8) is 0 Å². The number of nitrogens with one attached hydrogen (secondary N) is 1. The van der Waals surface area contributed by atoms with Gasteiger partial charge in [0.05, 0.1) is 0 Å². The van der Waals surface area contributed by atoms with Gasteiger partial charge in [-0.3, -0.25) is 4.79 Å². The van der Waals surface area contributed by atoms with Gasteiger partial charge < -0.3 is 10.2 Å². The van der Waals surface area contributed by atoms with Gasteiger partial charge in [0.15, 0.2) is 5.16 Å². The number of nitrogens with zero attached hydrogens (tertiary/aromatic N) is 3. The van der Waals surface area contributed by atoms with E-state index in [0.29, 0.717) is 5.56 Å². The maximum absolute atomic E-state index is 12.0. The average molecular weight is 359 g/mol. The lowest BCUT2D eigenvalue weighted by Crippen LogP contribution is -2.29. The first kappa shape index (κ1) is 19.2. The first-order valence-corrected chi connectivity index (χ1v) is 9.31. The van der Waals surface area contributed by atoms with Crippen molar-refractivity contribution in [1.29, 1.82) is 0 Å². The molecule has 0 saturated carbocycles. The lowest BCUT2D eigenvalue weighted by Gasteiger charge is -2.16. The summed E-state index contributed by atoms with van der Waals surface area (Å²) in [5, 5.41) is 3.67. The third kappa shape index (κ3) is 5.19. The summed E-state index contributed by atoms with van der Waals surface area (Å²) in [6, 6.07) is 7.82. The number of aromatic nitrogens is 2. The van der Waals surface area contributed by atoms with Gasteiger partial charge in [0.2, 0.25) is 0 Å². The van der Waals surface area contributed by atoms with Crippen LogP contribution in [0.1, 0.15) is 41.0 Å². The highest BCUT2D eigenvalue weighted by Gasteiger charge is 2.11. The Morgan fingerprint density at radius 1 is 1.16 bits per heavy atom. The number of rotatable bonds is 6. The van der Waals surface area contributed by atoms with E-state index in [1.165, 1.54) is 0 Å². The van der Waals surface area contributed by atoms with Gasteiger partial charge in [0.1, 0.15) is 5.82 Å². The molecule has 6 heteroatoms. The highest BCUT2D eigenvalue weighted by Crippen LogP contribution is 2.25. The minimum atomic E-state index is -0.0395. The molecule has 1 aromatic carbocycles. The van der Waals surface area contributed by atoms with Crippen molar-refractivity contribution in [3.05, 3.63) is 46.6 Å². The van der Waals surface area contributed by atoms with E-state index < -0.39 is 0 Å². The second kappa shape index (κ2) is 8.34. The molecular weight excluding hydrogens is 332 g/mol. The zero-order chi connectivity index (χ0) is 18.6. The van der Waals surface area contributed by atoms with Crippen LogP contribution in [0.3, 0.4) is 0 Å². The van der Waals surface area contributed by atoms with Gasteiger partial charge in [-0.25, -0.2) is 9.97 Å². The smallest absolute Gasteiger partial charge is 0.251 e. The second-order valence-corrected chi connectivity index (χ2v) is 7.49. The first-order chi connectivity index (χ1) is 11.8. The van der Waals surface area contributed by atoms with Crippen molar-refractivity contribution in [2.24, 2.45) is 0 Å². The fourth-order valence-corrected chi connectivity index (χ4v) is 3.17. The lowest BCUT2D eigenvalue weighted by atomic mass is 10.1. The molecule has 5 nitrogen and oxygen atoms in total. The number of thioether (sulfide) groups is 1. The molecule has 0 radical (unpaired) electrons. The molecule has 2 aromatic rings. The summed E-state index contributed by atoms with van der Waals surface area (Å²) in [7, 11) is 3.98. The van der Waals surface area contributed by atoms with E-state index in [9.17, 15) is 4.79 Å². The molecule has 0 aliphatic rings. The predicted molar refractivity (Wildman–Crippen MR) is 104 cm³/mol. The van der Waals surface area contributed by atoms with Crippen molar-refractivity contribution in [2.75, 3.05) is 19.0 Å². The van der Waals surface area contributed by atoms with Gasteiger partial charge in [0.25, 0.3) is 5.91 Å². The molecule has 1 heterocycles. The van der Waals surface area contributed by atoms with Crippen LogP contribution in [0.4, 0.5) is 5.82 Å². The van der Waals surface area contributed by atoms with Crippen LogP contribution >= 0.6 is 11.8 Å². The summed E-state index contributed by atoms with van der Waals surface area (Å²) < 4.78 is 0. The fourth-order valence-electron chi connectivity index (χ4n) is 2.33. The molecule has 1 aromatic heterocycles. The Labute approximate surface area is 154 Å². The predicted octanol–water partition coefficient (Wildman–Crippen LogP) is 3.59. The van der Waals surface area contributed by atoms with Crippen molar-refractivity contribution in [2.45, 2.75) is 44.6 Å². The van der Waals surface area contributed by atoms with Gasteiger partial charge in [0, 0.05) is 42.7 Å². The van der Waals surface area contributed by atoms with E-state index in [-0.39, 0.29) is 11.9 Å². The van der Waals surface area contributed by atoms with Crippen molar-refractivity contribution in [3.8, 4) is 0 Å². The summed E-state index contributed by atoms with van der Waals surface area (Å²) in [4.78, 5) is 23.2. The van der Waals surface area contributed by atoms with Crippen LogP contribution in [0.2, 0.25) is 0 Å². The summed E-state index contributed by atoms with van der Waals surface area (Å²) in [6.45, 7) is 7.96. The SMILES string of the molecule is Cc1nc(SCc2ccc(C(=O)NC(C)C)cc2)nc(N(C)C)c1C. The second-order valence-electron chi connectivity index (χ2n) is 6.55. The Hall–Kier alpha value is -2.08. The van der Waals surface area contributed by atoms with Gasteiger partial charge in [-0.15, -0.1) is 0 Å². The Balaban J connectivity index is 2.05. The van der Waals surface area contributed by atoms with Crippen molar-refractivity contribution in [1.82, 2.24) is 15.3 Å². The van der Waals surface area contributed by atoms with Crippen LogP contribution in [0.25, 0.3) is 0 Å². The molecular formula is C19H26N4OS. The molecule has 0 saturated heterocycles. The van der Waals surface area contributed by atoms with Crippen LogP contribution in [-0.2, 0) is 5.75 Å². The van der Waals surface area contributed by atoms with Crippen LogP contribution < -0.4 is 10.2 Å². The number of hydrogen-bond donors (Lipinski definition) is 1. The number of hydrogen-bond acceptors (Lipinski definition) is 5. The van der Waals surface area contributed by atoms with E-state index in [1.54, 1.807) is 11.8 Å². The number of amides is 1. The summed E-state index contributed by atoms with van der Waals surface area (Å²) in [5.74, 6) is 1.68. The monoisotopic (exact) mass is 358 g/mol. The van der Waals surface area contributed by atoms with Crippen LogP contribution in [0.5, 0.6) is 0 Å². The molecule has 0 aliphatic carbocycles. The Morgan fingerprint density at radius 2 is 1.80 bits per heavy atom. The number of anilines is 1. The first-order valence-electron chi connectivity index (χ1n) is 8.33. The molecule has 0 bridgehead atoms. The van der Waals surface area contributed by atoms with Crippen LogP contribution in [0, 0.1) is 13.8 Å². The Morgan fingerprint density at radius 3 is 2.36 bits per heavy atom. The van der Waals surface area contributed by atoms with E-state index in [0.717, 1.165) is 33.5 Å². The van der Waals surface area contributed by atoms with E-state index in [1.807, 2.05) is 71.0 Å². The minimum Gasteiger partial charge on any atom is -0.362 e. The maximum atomic E-state index is 12.0. The van der Waals surface area contributed by atoms with Crippen molar-refractivity contribution < 1.29 is 4.79 Å². The highest BCUT2D eigenvalue weighted by atomic mass is 32.2. The third-order valence-corrected chi connectivity index (χ3v) is 4.69. The lowest BCUT2D eigenvalue weighted by molar-refractivity contribution is 0.0943.